The van der Waals surface area contributed by atoms with E-state index in [0.29, 0.717) is 25.5 Å². The summed E-state index contributed by atoms with van der Waals surface area (Å²) in [5.41, 5.74) is 0.318. The second kappa shape index (κ2) is 27.1. The second-order valence-electron chi connectivity index (χ2n) is 9.25. The topological polar surface area (TPSA) is 44.3 Å². The zero-order valence-electron chi connectivity index (χ0n) is 23.1. The lowest BCUT2D eigenvalue weighted by atomic mass is 10.0. The fraction of sp³-hybridized carbons (Fsp3) is 1.00. The van der Waals surface area contributed by atoms with Crippen LogP contribution in [0.4, 0.5) is 0 Å². The standard InChI is InChI=1S/C27H59NO3Si.BrH/c1-6-11-12-13-14-15-16-17-18-19-20-21-22-23-24-25-26-28-27(7-2)32(29-8-3,30-9-4)31-10-5;/h27-28H,6-26H2,1-5H3;1H. The van der Waals surface area contributed by atoms with E-state index in [1.54, 1.807) is 0 Å². The molecule has 0 amide bonds. The van der Waals surface area contributed by atoms with E-state index in [4.69, 9.17) is 13.3 Å². The summed E-state index contributed by atoms with van der Waals surface area (Å²) in [5.74, 6) is 0. The molecule has 0 aliphatic rings. The number of rotatable bonds is 26. The minimum Gasteiger partial charge on any atom is -1.00 e. The highest BCUT2D eigenvalue weighted by Gasteiger charge is 2.51. The molecular weight excluding hydrogens is 494 g/mol. The molecule has 0 aromatic heterocycles. The van der Waals surface area contributed by atoms with Gasteiger partial charge in [-0.3, -0.25) is 0 Å². The Labute approximate surface area is 219 Å². The zero-order valence-corrected chi connectivity index (χ0v) is 25.7. The molecule has 0 saturated heterocycles. The average Bonchev–Trinajstić information content (AvgIpc) is 2.79. The number of nitrogens with two attached hydrogens (primary N) is 1. The van der Waals surface area contributed by atoms with Crippen LogP contribution >= 0.6 is 0 Å². The van der Waals surface area contributed by atoms with E-state index in [-0.39, 0.29) is 17.0 Å². The predicted molar refractivity (Wildman–Crippen MR) is 141 cm³/mol. The predicted octanol–water partition coefficient (Wildman–Crippen LogP) is 4.18. The summed E-state index contributed by atoms with van der Waals surface area (Å²) in [6.07, 6.45) is 23.7. The van der Waals surface area contributed by atoms with Crippen LogP contribution in [0, 0.1) is 0 Å². The van der Waals surface area contributed by atoms with Crippen LogP contribution in [0.15, 0.2) is 0 Å². The highest BCUT2D eigenvalue weighted by Crippen LogP contribution is 2.16. The Morgan fingerprint density at radius 2 is 0.848 bits per heavy atom. The summed E-state index contributed by atoms with van der Waals surface area (Å²) in [5, 5.41) is 2.44. The van der Waals surface area contributed by atoms with Gasteiger partial charge in [0.1, 0.15) is 0 Å². The Morgan fingerprint density at radius 1 is 0.515 bits per heavy atom. The molecule has 1 unspecified atom stereocenters. The molecule has 0 radical (unpaired) electrons. The van der Waals surface area contributed by atoms with E-state index in [2.05, 4.69) is 19.2 Å². The van der Waals surface area contributed by atoms with Crippen LogP contribution < -0.4 is 22.3 Å². The molecule has 0 aromatic rings. The molecule has 0 aromatic carbocycles. The van der Waals surface area contributed by atoms with Crippen molar-refractivity contribution in [3.05, 3.63) is 0 Å². The van der Waals surface area contributed by atoms with E-state index in [0.717, 1.165) is 13.0 Å². The molecule has 6 heteroatoms. The maximum absolute atomic E-state index is 6.11. The van der Waals surface area contributed by atoms with Crippen molar-refractivity contribution in [1.82, 2.24) is 0 Å². The third-order valence-corrected chi connectivity index (χ3v) is 10.1. The van der Waals surface area contributed by atoms with Gasteiger partial charge in [0.05, 0.1) is 6.54 Å². The van der Waals surface area contributed by atoms with E-state index in [1.165, 1.54) is 103 Å². The molecule has 0 heterocycles. The fourth-order valence-electron chi connectivity index (χ4n) is 4.62. The lowest BCUT2D eigenvalue weighted by Crippen LogP contribution is -3.00. The molecule has 0 fully saturated rings. The highest BCUT2D eigenvalue weighted by molar-refractivity contribution is 6.62. The number of halogens is 1. The van der Waals surface area contributed by atoms with Gasteiger partial charge in [-0.25, -0.2) is 0 Å². The Bertz CT molecular complexity index is 360. The highest BCUT2D eigenvalue weighted by atomic mass is 79.9. The summed E-state index contributed by atoms with van der Waals surface area (Å²) in [7, 11) is -2.59. The summed E-state index contributed by atoms with van der Waals surface area (Å²) in [6.45, 7) is 13.8. The van der Waals surface area contributed by atoms with Gasteiger partial charge in [-0.1, -0.05) is 104 Å². The molecule has 0 aliphatic carbocycles. The van der Waals surface area contributed by atoms with E-state index < -0.39 is 8.80 Å². The number of hydrogen-bond donors (Lipinski definition) is 1. The van der Waals surface area contributed by atoms with Crippen LogP contribution in [0.3, 0.4) is 0 Å². The van der Waals surface area contributed by atoms with Crippen molar-refractivity contribution in [2.75, 3.05) is 26.4 Å². The van der Waals surface area contributed by atoms with Gasteiger partial charge in [-0.2, -0.15) is 0 Å². The Balaban J connectivity index is 0. The van der Waals surface area contributed by atoms with Gasteiger partial charge in [0, 0.05) is 26.2 Å². The van der Waals surface area contributed by atoms with Crippen molar-refractivity contribution in [3.63, 3.8) is 0 Å². The van der Waals surface area contributed by atoms with Gasteiger partial charge in [0.25, 0.3) is 0 Å². The Hall–Kier alpha value is 0.537. The van der Waals surface area contributed by atoms with Crippen molar-refractivity contribution in [2.45, 2.75) is 149 Å². The molecule has 1 atom stereocenters. The van der Waals surface area contributed by atoms with Gasteiger partial charge in [0.2, 0.25) is 0 Å². The molecule has 0 spiro atoms. The van der Waals surface area contributed by atoms with Crippen molar-refractivity contribution in [3.8, 4) is 0 Å². The lowest BCUT2D eigenvalue weighted by Gasteiger charge is -2.32. The summed E-state index contributed by atoms with van der Waals surface area (Å²) < 4.78 is 18.3. The Kier molecular flexibility index (Phi) is 29.3. The molecule has 4 nitrogen and oxygen atoms in total. The quantitative estimate of drug-likeness (QED) is 0.129. The normalized spacial score (nSPS) is 12.6. The smallest absolute Gasteiger partial charge is 0.562 e. The van der Waals surface area contributed by atoms with Crippen LogP contribution in [0.25, 0.3) is 0 Å². The lowest BCUT2D eigenvalue weighted by molar-refractivity contribution is -0.678. The van der Waals surface area contributed by atoms with Crippen LogP contribution in [0.1, 0.15) is 144 Å². The van der Waals surface area contributed by atoms with Crippen molar-refractivity contribution in [2.24, 2.45) is 0 Å². The fourth-order valence-corrected chi connectivity index (χ4v) is 7.68. The third-order valence-electron chi connectivity index (χ3n) is 6.44. The summed E-state index contributed by atoms with van der Waals surface area (Å²) in [6, 6.07) is 0. The molecule has 2 N–H and O–H groups in total. The van der Waals surface area contributed by atoms with Crippen molar-refractivity contribution < 1.29 is 35.6 Å². The van der Waals surface area contributed by atoms with Gasteiger partial charge >= 0.3 is 8.80 Å². The van der Waals surface area contributed by atoms with Crippen LogP contribution in [-0.2, 0) is 13.3 Å². The molecule has 0 saturated carbocycles. The van der Waals surface area contributed by atoms with Gasteiger partial charge < -0.3 is 35.6 Å². The molecule has 0 bridgehead atoms. The van der Waals surface area contributed by atoms with Crippen LogP contribution in [0.2, 0.25) is 0 Å². The second-order valence-corrected chi connectivity index (χ2v) is 12.1. The van der Waals surface area contributed by atoms with E-state index in [1.807, 2.05) is 20.8 Å². The molecular formula is C27H60BrNO3Si. The average molecular weight is 555 g/mol. The summed E-state index contributed by atoms with van der Waals surface area (Å²) >= 11 is 0. The first-order chi connectivity index (χ1) is 15.7. The molecule has 202 valence electrons. The third kappa shape index (κ3) is 19.4. The minimum absolute atomic E-state index is 0. The SMILES string of the molecule is CCCCCCCCCCCCCCCCCC[NH2+]C(CC)[Si](OCC)(OCC)OCC.[Br-]. The number of unbranched alkanes of at least 4 members (excludes halogenated alkanes) is 15. The monoisotopic (exact) mass is 553 g/mol. The summed E-state index contributed by atoms with van der Waals surface area (Å²) in [4.78, 5) is 0. The minimum atomic E-state index is -2.59. The Morgan fingerprint density at radius 3 is 1.15 bits per heavy atom. The van der Waals surface area contributed by atoms with E-state index in [9.17, 15) is 0 Å². The molecule has 0 rings (SSSR count). The van der Waals surface area contributed by atoms with E-state index >= 15 is 0 Å². The molecule has 33 heavy (non-hydrogen) atoms. The first kappa shape index (κ1) is 35.7. The van der Waals surface area contributed by atoms with Crippen LogP contribution in [0.5, 0.6) is 0 Å². The molecule has 0 aliphatic heterocycles. The largest absolute Gasteiger partial charge is 1.00 e. The maximum Gasteiger partial charge on any atom is 0.562 e. The zero-order chi connectivity index (χ0) is 23.8. The van der Waals surface area contributed by atoms with Gasteiger partial charge in [-0.05, 0) is 33.6 Å². The van der Waals surface area contributed by atoms with Gasteiger partial charge in [0.15, 0.2) is 5.67 Å². The van der Waals surface area contributed by atoms with Crippen molar-refractivity contribution in [1.29, 1.82) is 0 Å². The first-order valence-corrected chi connectivity index (χ1v) is 16.3. The first-order valence-electron chi connectivity index (χ1n) is 14.5. The number of hydrogen-bond acceptors (Lipinski definition) is 3. The van der Waals surface area contributed by atoms with Crippen molar-refractivity contribution >= 4 is 8.80 Å². The maximum atomic E-state index is 6.11. The number of quaternary nitrogens is 1. The van der Waals surface area contributed by atoms with Crippen LogP contribution in [-0.4, -0.2) is 40.8 Å². The van der Waals surface area contributed by atoms with Gasteiger partial charge in [-0.15, -0.1) is 0 Å².